The highest BCUT2D eigenvalue weighted by molar-refractivity contribution is 9.10. The van der Waals surface area contributed by atoms with Crippen LogP contribution in [0.3, 0.4) is 0 Å². The van der Waals surface area contributed by atoms with Gasteiger partial charge >= 0.3 is 0 Å². The molecule has 0 aliphatic rings. The summed E-state index contributed by atoms with van der Waals surface area (Å²) in [5.41, 5.74) is 3.82. The van der Waals surface area contributed by atoms with Gasteiger partial charge < -0.3 is 9.64 Å². The maximum Gasteiger partial charge on any atom is 0.120 e. The minimum Gasteiger partial charge on any atom is -0.492 e. The van der Waals surface area contributed by atoms with Crippen molar-refractivity contribution in [3.05, 3.63) is 58.1 Å². The summed E-state index contributed by atoms with van der Waals surface area (Å²) >= 11 is 3.45. The van der Waals surface area contributed by atoms with E-state index in [0.717, 1.165) is 16.8 Å². The Hall–Kier alpha value is -1.48. The first-order valence-electron chi connectivity index (χ1n) is 6.72. The van der Waals surface area contributed by atoms with Gasteiger partial charge in [0, 0.05) is 17.2 Å². The number of hydrogen-bond acceptors (Lipinski definition) is 2. The molecule has 0 spiro atoms. The van der Waals surface area contributed by atoms with Gasteiger partial charge in [0.15, 0.2) is 0 Å². The summed E-state index contributed by atoms with van der Waals surface area (Å²) < 4.78 is 6.81. The second-order valence-corrected chi connectivity index (χ2v) is 5.99. The average molecular weight is 334 g/mol. The van der Waals surface area contributed by atoms with Crippen molar-refractivity contribution < 1.29 is 4.74 Å². The smallest absolute Gasteiger partial charge is 0.120 e. The molecule has 2 nitrogen and oxygen atoms in total. The van der Waals surface area contributed by atoms with E-state index in [1.54, 1.807) is 0 Å². The van der Waals surface area contributed by atoms with E-state index in [-0.39, 0.29) is 0 Å². The summed E-state index contributed by atoms with van der Waals surface area (Å²) in [4.78, 5) is 2.22. The van der Waals surface area contributed by atoms with E-state index in [1.807, 2.05) is 24.3 Å². The van der Waals surface area contributed by atoms with Crippen LogP contribution in [-0.2, 0) is 0 Å². The van der Waals surface area contributed by atoms with Crippen LogP contribution in [-0.4, -0.2) is 20.2 Å². The Morgan fingerprint density at radius 2 is 1.75 bits per heavy atom. The Morgan fingerprint density at radius 3 is 2.40 bits per heavy atom. The summed E-state index contributed by atoms with van der Waals surface area (Å²) in [5, 5.41) is 0. The second-order valence-electron chi connectivity index (χ2n) is 5.07. The molecule has 2 rings (SSSR count). The van der Waals surface area contributed by atoms with Crippen LogP contribution in [0.25, 0.3) is 0 Å². The molecule has 0 unspecified atom stereocenters. The number of benzene rings is 2. The molecule has 0 aliphatic heterocycles. The van der Waals surface area contributed by atoms with Crippen LogP contribution in [0, 0.1) is 13.8 Å². The molecule has 0 heterocycles. The van der Waals surface area contributed by atoms with Crippen molar-refractivity contribution in [3.8, 4) is 5.75 Å². The SMILES string of the molecule is Cc1cc(C)cc(N(C)CCOc2cccc(Br)c2)c1. The van der Waals surface area contributed by atoms with Gasteiger partial charge in [0.2, 0.25) is 0 Å². The summed E-state index contributed by atoms with van der Waals surface area (Å²) in [5.74, 6) is 0.896. The lowest BCUT2D eigenvalue weighted by atomic mass is 10.1. The maximum absolute atomic E-state index is 5.77. The third-order valence-corrected chi connectivity index (χ3v) is 3.63. The third kappa shape index (κ3) is 4.27. The topological polar surface area (TPSA) is 12.5 Å². The number of anilines is 1. The molecule has 2 aromatic carbocycles. The van der Waals surface area contributed by atoms with Crippen LogP contribution in [0.15, 0.2) is 46.9 Å². The van der Waals surface area contributed by atoms with E-state index in [9.17, 15) is 0 Å². The third-order valence-electron chi connectivity index (χ3n) is 3.14. The molecule has 2 aromatic rings. The monoisotopic (exact) mass is 333 g/mol. The van der Waals surface area contributed by atoms with Gasteiger partial charge in [-0.1, -0.05) is 28.1 Å². The van der Waals surface area contributed by atoms with Gasteiger partial charge in [-0.3, -0.25) is 0 Å². The van der Waals surface area contributed by atoms with Crippen LogP contribution < -0.4 is 9.64 Å². The highest BCUT2D eigenvalue weighted by Gasteiger charge is 2.03. The molecule has 0 bridgehead atoms. The summed E-state index contributed by atoms with van der Waals surface area (Å²) in [6, 6.07) is 14.5. The Kier molecular flexibility index (Phi) is 5.07. The van der Waals surface area contributed by atoms with E-state index in [1.165, 1.54) is 16.8 Å². The molecule has 0 fully saturated rings. The van der Waals surface area contributed by atoms with Gasteiger partial charge in [-0.2, -0.15) is 0 Å². The standard InChI is InChI=1S/C17H20BrNO/c1-13-9-14(2)11-16(10-13)19(3)7-8-20-17-6-4-5-15(18)12-17/h4-6,9-12H,7-8H2,1-3H3. The molecule has 0 aromatic heterocycles. The highest BCUT2D eigenvalue weighted by Crippen LogP contribution is 2.19. The molecule has 0 saturated heterocycles. The fraction of sp³-hybridized carbons (Fsp3) is 0.294. The van der Waals surface area contributed by atoms with Crippen LogP contribution >= 0.6 is 15.9 Å². The van der Waals surface area contributed by atoms with Crippen LogP contribution in [0.4, 0.5) is 5.69 Å². The quantitative estimate of drug-likeness (QED) is 0.793. The first-order chi connectivity index (χ1) is 9.54. The number of ether oxygens (including phenoxy) is 1. The molecule has 20 heavy (non-hydrogen) atoms. The van der Waals surface area contributed by atoms with E-state index < -0.39 is 0 Å². The molecule has 0 saturated carbocycles. The van der Waals surface area contributed by atoms with Gasteiger partial charge in [-0.25, -0.2) is 0 Å². The van der Waals surface area contributed by atoms with Gasteiger partial charge in [0.05, 0.1) is 6.54 Å². The predicted octanol–water partition coefficient (Wildman–Crippen LogP) is 4.58. The van der Waals surface area contributed by atoms with E-state index >= 15 is 0 Å². The first-order valence-corrected chi connectivity index (χ1v) is 7.52. The zero-order valence-electron chi connectivity index (χ0n) is 12.2. The minimum absolute atomic E-state index is 0.667. The van der Waals surface area contributed by atoms with Crippen molar-refractivity contribution in [1.82, 2.24) is 0 Å². The van der Waals surface area contributed by atoms with Crippen molar-refractivity contribution in [1.29, 1.82) is 0 Å². The summed E-state index contributed by atoms with van der Waals surface area (Å²) in [7, 11) is 2.10. The molecule has 0 atom stereocenters. The van der Waals surface area contributed by atoms with Crippen molar-refractivity contribution in [2.75, 3.05) is 25.1 Å². The maximum atomic E-state index is 5.77. The highest BCUT2D eigenvalue weighted by atomic mass is 79.9. The lowest BCUT2D eigenvalue weighted by Crippen LogP contribution is -2.23. The minimum atomic E-state index is 0.667. The van der Waals surface area contributed by atoms with Gasteiger partial charge in [0.1, 0.15) is 12.4 Å². The lowest BCUT2D eigenvalue weighted by molar-refractivity contribution is 0.326. The number of nitrogens with zero attached hydrogens (tertiary/aromatic N) is 1. The van der Waals surface area contributed by atoms with Crippen LogP contribution in [0.5, 0.6) is 5.75 Å². The summed E-state index contributed by atoms with van der Waals surface area (Å²) in [6.45, 7) is 5.78. The fourth-order valence-corrected chi connectivity index (χ4v) is 2.54. The molecule has 3 heteroatoms. The number of likely N-dealkylation sites (N-methyl/N-ethyl adjacent to an activating group) is 1. The normalized spacial score (nSPS) is 10.4. The number of hydrogen-bond donors (Lipinski definition) is 0. The Bertz CT molecular complexity index is 563. The molecule has 0 amide bonds. The zero-order valence-corrected chi connectivity index (χ0v) is 13.8. The van der Waals surface area contributed by atoms with Crippen LogP contribution in [0.2, 0.25) is 0 Å². The molecular formula is C17H20BrNO. The first kappa shape index (κ1) is 14.9. The molecule has 106 valence electrons. The number of rotatable bonds is 5. The molecule has 0 N–H and O–H groups in total. The van der Waals surface area contributed by atoms with Crippen molar-refractivity contribution in [2.45, 2.75) is 13.8 Å². The fourth-order valence-electron chi connectivity index (χ4n) is 2.16. The average Bonchev–Trinajstić information content (AvgIpc) is 2.37. The van der Waals surface area contributed by atoms with E-state index in [2.05, 4.69) is 59.9 Å². The second kappa shape index (κ2) is 6.80. The summed E-state index contributed by atoms with van der Waals surface area (Å²) in [6.07, 6.45) is 0. The van der Waals surface area contributed by atoms with Gasteiger partial charge in [0.25, 0.3) is 0 Å². The Balaban J connectivity index is 1.90. The van der Waals surface area contributed by atoms with E-state index in [4.69, 9.17) is 4.74 Å². The largest absolute Gasteiger partial charge is 0.492 e. The Morgan fingerprint density at radius 1 is 1.05 bits per heavy atom. The van der Waals surface area contributed by atoms with Gasteiger partial charge in [-0.05, 0) is 55.3 Å². The molecule has 0 radical (unpaired) electrons. The van der Waals surface area contributed by atoms with Crippen molar-refractivity contribution in [3.63, 3.8) is 0 Å². The predicted molar refractivity (Wildman–Crippen MR) is 88.8 cm³/mol. The number of halogens is 1. The van der Waals surface area contributed by atoms with E-state index in [0.29, 0.717) is 6.61 Å². The Labute approximate surface area is 129 Å². The van der Waals surface area contributed by atoms with Crippen molar-refractivity contribution >= 4 is 21.6 Å². The number of aryl methyl sites for hydroxylation is 2. The van der Waals surface area contributed by atoms with Crippen molar-refractivity contribution in [2.24, 2.45) is 0 Å². The molecule has 0 aliphatic carbocycles. The molecular weight excluding hydrogens is 314 g/mol. The lowest BCUT2D eigenvalue weighted by Gasteiger charge is -2.20. The zero-order chi connectivity index (χ0) is 14.5. The van der Waals surface area contributed by atoms with Gasteiger partial charge in [-0.15, -0.1) is 0 Å². The van der Waals surface area contributed by atoms with Crippen LogP contribution in [0.1, 0.15) is 11.1 Å².